The Morgan fingerprint density at radius 2 is 1.06 bits per heavy atom. The molecule has 0 N–H and O–H groups in total. The zero-order valence-corrected chi connectivity index (χ0v) is 12.4. The van der Waals surface area contributed by atoms with Gasteiger partial charge >= 0.3 is 0 Å². The third kappa shape index (κ3) is 9.06. The van der Waals surface area contributed by atoms with Gasteiger partial charge in [0.05, 0.1) is 0 Å². The minimum atomic E-state index is 0. The fourth-order valence-corrected chi connectivity index (χ4v) is 1.66. The summed E-state index contributed by atoms with van der Waals surface area (Å²) >= 11 is 0. The molecular weight excluding hydrogens is 295 g/mol. The SMILES string of the molecule is C1=CCC/C=C\CC1.Cc1cccc(C)c1.[Rh]. The van der Waals surface area contributed by atoms with Gasteiger partial charge in [-0.25, -0.2) is 0 Å². The van der Waals surface area contributed by atoms with Gasteiger partial charge in [0.1, 0.15) is 0 Å². The second-order valence-corrected chi connectivity index (χ2v) is 4.26. The molecule has 95 valence electrons. The number of hydrogen-bond donors (Lipinski definition) is 0. The molecule has 0 saturated heterocycles. The quantitative estimate of drug-likeness (QED) is 0.468. The van der Waals surface area contributed by atoms with E-state index in [1.165, 1.54) is 36.8 Å². The van der Waals surface area contributed by atoms with E-state index in [0.29, 0.717) is 0 Å². The fraction of sp³-hybridized carbons (Fsp3) is 0.375. The van der Waals surface area contributed by atoms with Crippen LogP contribution in [0.1, 0.15) is 36.8 Å². The van der Waals surface area contributed by atoms with Gasteiger partial charge in [0, 0.05) is 19.5 Å². The monoisotopic (exact) mass is 317 g/mol. The van der Waals surface area contributed by atoms with Crippen LogP contribution in [0.4, 0.5) is 0 Å². The van der Waals surface area contributed by atoms with Crippen LogP contribution in [-0.4, -0.2) is 0 Å². The predicted molar refractivity (Wildman–Crippen MR) is 72.7 cm³/mol. The molecule has 0 spiro atoms. The molecule has 0 saturated carbocycles. The molecule has 17 heavy (non-hydrogen) atoms. The molecule has 0 heterocycles. The van der Waals surface area contributed by atoms with E-state index in [2.05, 4.69) is 62.4 Å². The molecule has 0 fully saturated rings. The van der Waals surface area contributed by atoms with Gasteiger partial charge in [-0.2, -0.15) is 0 Å². The van der Waals surface area contributed by atoms with E-state index in [-0.39, 0.29) is 19.5 Å². The van der Waals surface area contributed by atoms with Crippen LogP contribution in [0.5, 0.6) is 0 Å². The standard InChI is InChI=1S/C8H10.C8H12.Rh/c1-7-4-3-5-8(2)6-7;1-2-4-6-8-7-5-3-1;/h3-6H,1-2H3;1-2,7-8H,3-6H2;/b;2-1-,8-7?;. The summed E-state index contributed by atoms with van der Waals surface area (Å²) in [6, 6.07) is 8.45. The molecule has 0 nitrogen and oxygen atoms in total. The summed E-state index contributed by atoms with van der Waals surface area (Å²) in [4.78, 5) is 0. The molecule has 1 aliphatic rings. The van der Waals surface area contributed by atoms with E-state index in [1.807, 2.05) is 0 Å². The molecule has 0 atom stereocenters. The number of aryl methyl sites for hydroxylation is 2. The van der Waals surface area contributed by atoms with E-state index < -0.39 is 0 Å². The molecule has 1 heteroatoms. The van der Waals surface area contributed by atoms with Gasteiger partial charge in [-0.3, -0.25) is 0 Å². The second kappa shape index (κ2) is 10.5. The van der Waals surface area contributed by atoms with Gasteiger partial charge in [0.15, 0.2) is 0 Å². The zero-order valence-electron chi connectivity index (χ0n) is 10.8. The van der Waals surface area contributed by atoms with E-state index in [4.69, 9.17) is 0 Å². The zero-order chi connectivity index (χ0) is 11.6. The molecular formula is C16H22Rh. The number of hydrogen-bond acceptors (Lipinski definition) is 0. The van der Waals surface area contributed by atoms with Crippen molar-refractivity contribution in [1.82, 2.24) is 0 Å². The fourth-order valence-electron chi connectivity index (χ4n) is 1.66. The number of rotatable bonds is 0. The van der Waals surface area contributed by atoms with Crippen molar-refractivity contribution in [1.29, 1.82) is 0 Å². The van der Waals surface area contributed by atoms with E-state index in [1.54, 1.807) is 0 Å². The van der Waals surface area contributed by atoms with Crippen LogP contribution < -0.4 is 0 Å². The molecule has 0 aliphatic heterocycles. The average Bonchev–Trinajstić information content (AvgIpc) is 2.16. The van der Waals surface area contributed by atoms with Crippen LogP contribution in [0.25, 0.3) is 0 Å². The van der Waals surface area contributed by atoms with Crippen LogP contribution in [0, 0.1) is 13.8 Å². The van der Waals surface area contributed by atoms with Crippen LogP contribution in [0.2, 0.25) is 0 Å². The Morgan fingerprint density at radius 1 is 0.706 bits per heavy atom. The van der Waals surface area contributed by atoms with E-state index in [0.717, 1.165) is 0 Å². The summed E-state index contributed by atoms with van der Waals surface area (Å²) in [5.41, 5.74) is 2.68. The normalized spacial score (nSPS) is 15.6. The van der Waals surface area contributed by atoms with Gasteiger partial charge < -0.3 is 0 Å². The van der Waals surface area contributed by atoms with Crippen molar-refractivity contribution in [3.05, 3.63) is 59.7 Å². The van der Waals surface area contributed by atoms with Crippen molar-refractivity contribution >= 4 is 0 Å². The summed E-state index contributed by atoms with van der Waals surface area (Å²) in [7, 11) is 0. The Bertz CT molecular complexity index is 307. The molecule has 0 amide bonds. The first-order valence-electron chi connectivity index (χ1n) is 6.12. The average molecular weight is 317 g/mol. The molecule has 1 aromatic carbocycles. The minimum Gasteiger partial charge on any atom is -0.0882 e. The van der Waals surface area contributed by atoms with Gasteiger partial charge in [-0.1, -0.05) is 59.7 Å². The van der Waals surface area contributed by atoms with Crippen molar-refractivity contribution in [2.45, 2.75) is 39.5 Å². The summed E-state index contributed by atoms with van der Waals surface area (Å²) < 4.78 is 0. The Balaban J connectivity index is 0.000000284. The molecule has 0 aromatic heterocycles. The van der Waals surface area contributed by atoms with Crippen molar-refractivity contribution < 1.29 is 19.5 Å². The van der Waals surface area contributed by atoms with Crippen LogP contribution >= 0.6 is 0 Å². The summed E-state index contributed by atoms with van der Waals surface area (Å²) in [6.45, 7) is 4.21. The van der Waals surface area contributed by atoms with Crippen LogP contribution in [0.15, 0.2) is 48.6 Å². The topological polar surface area (TPSA) is 0 Å². The smallest absolute Gasteiger partial charge is 0 e. The van der Waals surface area contributed by atoms with Crippen LogP contribution in [0.3, 0.4) is 0 Å². The van der Waals surface area contributed by atoms with Crippen molar-refractivity contribution in [2.24, 2.45) is 0 Å². The summed E-state index contributed by atoms with van der Waals surface area (Å²) in [6.07, 6.45) is 14.0. The maximum absolute atomic E-state index is 2.27. The first-order chi connectivity index (χ1) is 7.79. The minimum absolute atomic E-state index is 0. The predicted octanol–water partition coefficient (Wildman–Crippen LogP) is 4.97. The Labute approximate surface area is 119 Å². The Kier molecular flexibility index (Phi) is 10.1. The maximum atomic E-state index is 2.27. The number of benzene rings is 1. The van der Waals surface area contributed by atoms with E-state index in [9.17, 15) is 0 Å². The van der Waals surface area contributed by atoms with Gasteiger partial charge in [-0.05, 0) is 39.5 Å². The maximum Gasteiger partial charge on any atom is 0 e. The van der Waals surface area contributed by atoms with Crippen molar-refractivity contribution in [3.63, 3.8) is 0 Å². The molecule has 1 aliphatic carbocycles. The summed E-state index contributed by atoms with van der Waals surface area (Å²) in [5, 5.41) is 0. The molecule has 0 bridgehead atoms. The van der Waals surface area contributed by atoms with E-state index >= 15 is 0 Å². The largest absolute Gasteiger partial charge is 0.0882 e. The summed E-state index contributed by atoms with van der Waals surface area (Å²) in [5.74, 6) is 0. The third-order valence-electron chi connectivity index (χ3n) is 2.51. The molecule has 0 unspecified atom stereocenters. The van der Waals surface area contributed by atoms with Gasteiger partial charge in [0.2, 0.25) is 0 Å². The first-order valence-corrected chi connectivity index (χ1v) is 6.12. The second-order valence-electron chi connectivity index (χ2n) is 4.26. The molecule has 1 aromatic rings. The third-order valence-corrected chi connectivity index (χ3v) is 2.51. The first kappa shape index (κ1) is 16.3. The van der Waals surface area contributed by atoms with Crippen LogP contribution in [-0.2, 0) is 19.5 Å². The van der Waals surface area contributed by atoms with Gasteiger partial charge in [-0.15, -0.1) is 0 Å². The Hall–Kier alpha value is -0.677. The van der Waals surface area contributed by atoms with Crippen molar-refractivity contribution in [2.75, 3.05) is 0 Å². The molecule has 1 radical (unpaired) electrons. The molecule has 2 rings (SSSR count). The Morgan fingerprint density at radius 3 is 1.29 bits per heavy atom. The van der Waals surface area contributed by atoms with Crippen molar-refractivity contribution in [3.8, 4) is 0 Å². The van der Waals surface area contributed by atoms with Gasteiger partial charge in [0.25, 0.3) is 0 Å². The number of allylic oxidation sites excluding steroid dienone is 4.